The van der Waals surface area contributed by atoms with E-state index in [9.17, 15) is 14.4 Å². The summed E-state index contributed by atoms with van der Waals surface area (Å²) in [6.45, 7) is 0.179. The number of rotatable bonds is 4. The van der Waals surface area contributed by atoms with Gasteiger partial charge in [-0.15, -0.1) is 0 Å². The van der Waals surface area contributed by atoms with Crippen molar-refractivity contribution in [1.82, 2.24) is 4.90 Å². The van der Waals surface area contributed by atoms with Crippen LogP contribution < -0.4 is 4.90 Å². The maximum absolute atomic E-state index is 13.3. The summed E-state index contributed by atoms with van der Waals surface area (Å²) in [6.07, 6.45) is 4.91. The van der Waals surface area contributed by atoms with Gasteiger partial charge in [0, 0.05) is 0 Å². The Bertz CT molecular complexity index is 860. The molecule has 4 amide bonds. The molecule has 28 heavy (non-hydrogen) atoms. The summed E-state index contributed by atoms with van der Waals surface area (Å²) in [6, 6.07) is 17.8. The van der Waals surface area contributed by atoms with Gasteiger partial charge in [-0.3, -0.25) is 14.5 Å². The molecule has 0 radical (unpaired) electrons. The lowest BCUT2D eigenvalue weighted by Crippen LogP contribution is -2.61. The standard InChI is InChI=1S/C23H24N2O3/c26-21-20(18-12-6-2-7-13-18)22(27)25(19-14-8-3-9-15-19)23(28)24(21)16-17-10-4-1-5-11-17/h1,3-5,8-11,14-15,18,20H,2,6-7,12-13,16H2. The summed E-state index contributed by atoms with van der Waals surface area (Å²) < 4.78 is 0. The van der Waals surface area contributed by atoms with Crippen molar-refractivity contribution in [1.29, 1.82) is 0 Å². The monoisotopic (exact) mass is 376 g/mol. The van der Waals surface area contributed by atoms with E-state index in [1.165, 1.54) is 9.80 Å². The van der Waals surface area contributed by atoms with Crippen LogP contribution in [0.1, 0.15) is 37.7 Å². The minimum absolute atomic E-state index is 0.00587. The van der Waals surface area contributed by atoms with E-state index in [0.29, 0.717) is 5.69 Å². The number of barbiturate groups is 1. The van der Waals surface area contributed by atoms with Gasteiger partial charge in [0.15, 0.2) is 0 Å². The van der Waals surface area contributed by atoms with Gasteiger partial charge in [0.05, 0.1) is 12.2 Å². The van der Waals surface area contributed by atoms with E-state index in [0.717, 1.165) is 37.7 Å². The van der Waals surface area contributed by atoms with Crippen LogP contribution in [0.5, 0.6) is 0 Å². The molecule has 2 aliphatic rings. The van der Waals surface area contributed by atoms with Crippen LogP contribution >= 0.6 is 0 Å². The molecular formula is C23H24N2O3. The first-order valence-corrected chi connectivity index (χ1v) is 9.95. The van der Waals surface area contributed by atoms with Gasteiger partial charge < -0.3 is 0 Å². The van der Waals surface area contributed by atoms with Gasteiger partial charge in [-0.25, -0.2) is 9.69 Å². The number of hydrogen-bond donors (Lipinski definition) is 0. The SMILES string of the molecule is O=C1C(C2CCCCC2)C(=O)N(c2ccccc2)C(=O)N1Cc1ccccc1. The fourth-order valence-electron chi connectivity index (χ4n) is 4.32. The third kappa shape index (κ3) is 3.44. The van der Waals surface area contributed by atoms with Gasteiger partial charge in [0.2, 0.25) is 11.8 Å². The van der Waals surface area contributed by atoms with Crippen molar-refractivity contribution in [2.45, 2.75) is 38.6 Å². The van der Waals surface area contributed by atoms with Gasteiger partial charge in [-0.05, 0) is 36.5 Å². The zero-order valence-electron chi connectivity index (χ0n) is 15.8. The average Bonchev–Trinajstić information content (AvgIpc) is 2.74. The number of imide groups is 2. The van der Waals surface area contributed by atoms with Crippen molar-refractivity contribution in [2.75, 3.05) is 4.90 Å². The topological polar surface area (TPSA) is 57.7 Å². The van der Waals surface area contributed by atoms with Crippen molar-refractivity contribution in [3.8, 4) is 0 Å². The number of nitrogens with zero attached hydrogens (tertiary/aromatic N) is 2. The second-order valence-electron chi connectivity index (χ2n) is 7.58. The van der Waals surface area contributed by atoms with Crippen LogP contribution in [-0.2, 0) is 16.1 Å². The van der Waals surface area contributed by atoms with Gasteiger partial charge in [0.1, 0.15) is 5.92 Å². The maximum Gasteiger partial charge on any atom is 0.338 e. The number of carbonyl (C=O) groups is 3. The Morgan fingerprint density at radius 1 is 0.750 bits per heavy atom. The molecule has 1 atom stereocenters. The highest BCUT2D eigenvalue weighted by Gasteiger charge is 2.49. The summed E-state index contributed by atoms with van der Waals surface area (Å²) in [5, 5.41) is 0. The van der Waals surface area contributed by atoms with Gasteiger partial charge in [0.25, 0.3) is 0 Å². The van der Waals surface area contributed by atoms with E-state index >= 15 is 0 Å². The Kier molecular flexibility index (Phi) is 5.24. The number of urea groups is 1. The van der Waals surface area contributed by atoms with E-state index in [4.69, 9.17) is 0 Å². The van der Waals surface area contributed by atoms with E-state index < -0.39 is 11.9 Å². The normalized spacial score (nSPS) is 21.3. The number of anilines is 1. The molecule has 2 fully saturated rings. The lowest BCUT2D eigenvalue weighted by atomic mass is 9.78. The predicted molar refractivity (Wildman–Crippen MR) is 106 cm³/mol. The molecule has 1 unspecified atom stereocenters. The Morgan fingerprint density at radius 3 is 2.00 bits per heavy atom. The third-order valence-electron chi connectivity index (χ3n) is 5.76. The molecule has 144 valence electrons. The lowest BCUT2D eigenvalue weighted by molar-refractivity contribution is -0.144. The first-order valence-electron chi connectivity index (χ1n) is 9.95. The largest absolute Gasteiger partial charge is 0.338 e. The number of benzene rings is 2. The average molecular weight is 376 g/mol. The van der Waals surface area contributed by atoms with Crippen molar-refractivity contribution in [3.05, 3.63) is 66.2 Å². The summed E-state index contributed by atoms with van der Waals surface area (Å²) in [5.74, 6) is -1.50. The number of amides is 4. The van der Waals surface area contributed by atoms with Crippen molar-refractivity contribution in [3.63, 3.8) is 0 Å². The lowest BCUT2D eigenvalue weighted by Gasteiger charge is -2.40. The summed E-state index contributed by atoms with van der Waals surface area (Å²) in [7, 11) is 0. The van der Waals surface area contributed by atoms with Crippen LogP contribution in [0.15, 0.2) is 60.7 Å². The molecule has 4 rings (SSSR count). The van der Waals surface area contributed by atoms with Gasteiger partial charge >= 0.3 is 6.03 Å². The molecule has 1 aliphatic heterocycles. The zero-order valence-corrected chi connectivity index (χ0v) is 15.8. The van der Waals surface area contributed by atoms with Crippen LogP contribution in [-0.4, -0.2) is 22.7 Å². The predicted octanol–water partition coefficient (Wildman–Crippen LogP) is 4.38. The number of hydrogen-bond acceptors (Lipinski definition) is 3. The molecule has 2 aromatic rings. The van der Waals surface area contributed by atoms with Crippen LogP contribution in [0.3, 0.4) is 0 Å². The molecule has 5 heteroatoms. The quantitative estimate of drug-likeness (QED) is 0.744. The van der Waals surface area contributed by atoms with E-state index in [1.807, 2.05) is 36.4 Å². The first kappa shape index (κ1) is 18.4. The highest BCUT2D eigenvalue weighted by atomic mass is 16.2. The molecule has 2 aromatic carbocycles. The second-order valence-corrected chi connectivity index (χ2v) is 7.58. The van der Waals surface area contributed by atoms with Crippen LogP contribution in [0, 0.1) is 11.8 Å². The van der Waals surface area contributed by atoms with Crippen LogP contribution in [0.4, 0.5) is 10.5 Å². The van der Waals surface area contributed by atoms with Crippen molar-refractivity contribution >= 4 is 23.5 Å². The molecule has 1 saturated carbocycles. The first-order chi connectivity index (χ1) is 13.7. The Morgan fingerprint density at radius 2 is 1.36 bits per heavy atom. The summed E-state index contributed by atoms with van der Waals surface area (Å²) in [5.41, 5.74) is 1.39. The second kappa shape index (κ2) is 7.97. The van der Waals surface area contributed by atoms with Crippen molar-refractivity contribution < 1.29 is 14.4 Å². The maximum atomic E-state index is 13.3. The minimum atomic E-state index is -0.776. The highest BCUT2D eigenvalue weighted by Crippen LogP contribution is 2.36. The Balaban J connectivity index is 1.71. The molecular weight excluding hydrogens is 352 g/mol. The number of carbonyl (C=O) groups excluding carboxylic acids is 3. The molecule has 1 heterocycles. The molecule has 0 N–H and O–H groups in total. The third-order valence-corrected chi connectivity index (χ3v) is 5.76. The van der Waals surface area contributed by atoms with E-state index in [-0.39, 0.29) is 24.3 Å². The molecule has 1 aliphatic carbocycles. The van der Waals surface area contributed by atoms with Crippen LogP contribution in [0.2, 0.25) is 0 Å². The van der Waals surface area contributed by atoms with E-state index in [1.54, 1.807) is 24.3 Å². The molecule has 0 bridgehead atoms. The molecule has 0 spiro atoms. The zero-order chi connectivity index (χ0) is 19.5. The number of para-hydroxylation sites is 1. The molecule has 0 aromatic heterocycles. The van der Waals surface area contributed by atoms with Gasteiger partial charge in [-0.1, -0.05) is 67.8 Å². The fourth-order valence-corrected chi connectivity index (χ4v) is 4.32. The molecule has 1 saturated heterocycles. The fraction of sp³-hybridized carbons (Fsp3) is 0.348. The van der Waals surface area contributed by atoms with E-state index in [2.05, 4.69) is 0 Å². The molecule has 5 nitrogen and oxygen atoms in total. The highest BCUT2D eigenvalue weighted by molar-refractivity contribution is 6.27. The smallest absolute Gasteiger partial charge is 0.273 e. The van der Waals surface area contributed by atoms with Gasteiger partial charge in [-0.2, -0.15) is 0 Å². The Hall–Kier alpha value is -2.95. The minimum Gasteiger partial charge on any atom is -0.273 e. The Labute approximate surface area is 164 Å². The van der Waals surface area contributed by atoms with Crippen molar-refractivity contribution in [2.24, 2.45) is 11.8 Å². The van der Waals surface area contributed by atoms with Crippen LogP contribution in [0.25, 0.3) is 0 Å². The summed E-state index contributed by atoms with van der Waals surface area (Å²) in [4.78, 5) is 42.2. The summed E-state index contributed by atoms with van der Waals surface area (Å²) >= 11 is 0.